The number of piperazine rings is 1. The van der Waals surface area contributed by atoms with Crippen molar-refractivity contribution in [2.45, 2.75) is 6.54 Å². The highest BCUT2D eigenvalue weighted by atomic mass is 35.5. The van der Waals surface area contributed by atoms with Gasteiger partial charge >= 0.3 is 0 Å². The minimum atomic E-state index is -2.37. The molecule has 1 fully saturated rings. The molecule has 0 aliphatic carbocycles. The molecule has 3 heterocycles. The van der Waals surface area contributed by atoms with Gasteiger partial charge in [-0.15, -0.1) is 0 Å². The van der Waals surface area contributed by atoms with E-state index in [0.29, 0.717) is 22.5 Å². The fourth-order valence-electron chi connectivity index (χ4n) is 3.97. The van der Waals surface area contributed by atoms with Crippen LogP contribution in [0.15, 0.2) is 54.9 Å². The molecule has 0 amide bonds. The summed E-state index contributed by atoms with van der Waals surface area (Å²) in [6, 6.07) is 13.0. The largest absolute Gasteiger partial charge is 0.760 e. The van der Waals surface area contributed by atoms with Crippen LogP contribution in [0.25, 0.3) is 11.0 Å². The molecule has 1 aliphatic rings. The number of benzene rings is 2. The maximum absolute atomic E-state index is 10.9. The maximum Gasteiger partial charge on any atom is 0.229 e. The topological polar surface area (TPSA) is 134 Å². The van der Waals surface area contributed by atoms with Crippen molar-refractivity contribution in [1.82, 2.24) is 29.6 Å². The van der Waals surface area contributed by atoms with Crippen LogP contribution >= 0.6 is 11.6 Å². The Labute approximate surface area is 221 Å². The number of para-hydroxylation sites is 1. The molecular formula is C24H25ClN9O2S-. The lowest BCUT2D eigenvalue weighted by atomic mass is 10.2. The van der Waals surface area contributed by atoms with Crippen LogP contribution in [0.2, 0.25) is 5.02 Å². The first kappa shape index (κ1) is 25.2. The lowest BCUT2D eigenvalue weighted by molar-refractivity contribution is 0.312. The molecule has 13 heteroatoms. The van der Waals surface area contributed by atoms with Gasteiger partial charge in [0.2, 0.25) is 5.95 Å². The number of anilines is 5. The summed E-state index contributed by atoms with van der Waals surface area (Å²) < 4.78 is 24.2. The zero-order valence-electron chi connectivity index (χ0n) is 20.0. The maximum atomic E-state index is 10.9. The van der Waals surface area contributed by atoms with Crippen molar-refractivity contribution in [3.63, 3.8) is 0 Å². The number of hydrogen-bond acceptors (Lipinski definition) is 10. The molecule has 2 aromatic carbocycles. The smallest absolute Gasteiger partial charge is 0.229 e. The van der Waals surface area contributed by atoms with Crippen LogP contribution in [0, 0.1) is 0 Å². The van der Waals surface area contributed by atoms with E-state index in [1.807, 2.05) is 48.7 Å². The minimum absolute atomic E-state index is 0.126. The summed E-state index contributed by atoms with van der Waals surface area (Å²) in [7, 11) is 2.12. The normalized spacial score (nSPS) is 15.1. The van der Waals surface area contributed by atoms with E-state index in [1.165, 1.54) is 6.20 Å². The van der Waals surface area contributed by atoms with Gasteiger partial charge < -0.3 is 25.0 Å². The molecule has 11 nitrogen and oxygen atoms in total. The summed E-state index contributed by atoms with van der Waals surface area (Å²) in [5.41, 5.74) is 3.73. The van der Waals surface area contributed by atoms with Gasteiger partial charge in [-0.05, 0) is 36.9 Å². The van der Waals surface area contributed by atoms with Gasteiger partial charge in [0.1, 0.15) is 10.8 Å². The molecular weight excluding hydrogens is 514 g/mol. The fourth-order valence-corrected chi connectivity index (χ4v) is 4.38. The molecule has 0 bridgehead atoms. The van der Waals surface area contributed by atoms with Crippen molar-refractivity contribution in [2.75, 3.05) is 48.8 Å². The molecule has 0 radical (unpaired) electrons. The molecule has 0 saturated carbocycles. The summed E-state index contributed by atoms with van der Waals surface area (Å²) in [4.78, 5) is 22.8. The Bertz CT molecular complexity index is 1430. The van der Waals surface area contributed by atoms with Crippen molar-refractivity contribution < 1.29 is 8.76 Å². The first-order valence-corrected chi connectivity index (χ1v) is 13.1. The average Bonchev–Trinajstić information content (AvgIpc) is 2.90. The Morgan fingerprint density at radius 3 is 2.62 bits per heavy atom. The number of rotatable bonds is 8. The second kappa shape index (κ2) is 11.3. The molecule has 1 saturated heterocycles. The van der Waals surface area contributed by atoms with Crippen LogP contribution in [0.5, 0.6) is 0 Å². The second-order valence-electron chi connectivity index (χ2n) is 8.58. The second-order valence-corrected chi connectivity index (χ2v) is 9.74. The monoisotopic (exact) mass is 538 g/mol. The fraction of sp³-hybridized carbons (Fsp3) is 0.250. The first-order valence-electron chi connectivity index (χ1n) is 11.6. The molecule has 37 heavy (non-hydrogen) atoms. The van der Waals surface area contributed by atoms with Crippen LogP contribution in [0.1, 0.15) is 5.56 Å². The highest BCUT2D eigenvalue weighted by Gasteiger charge is 2.16. The summed E-state index contributed by atoms with van der Waals surface area (Å²) in [5, 5.41) is 6.70. The standard InChI is InChI=1S/C24H26ClN9O2S/c1-33-8-10-34(11-9-33)22-15-26-20-7-6-17(12-21(20)30-22)29-24-27-14-18(25)23(32-24)31-19-5-3-2-4-16(19)13-28-37(35)36/h2-7,12,14-15,28H,8-11,13H2,1H3,(H,35,36)(H2,27,29,31,32)/p-1. The molecule has 1 atom stereocenters. The molecule has 2 aromatic heterocycles. The Morgan fingerprint density at radius 1 is 1.00 bits per heavy atom. The van der Waals surface area contributed by atoms with Crippen molar-refractivity contribution in [3.8, 4) is 0 Å². The molecule has 5 rings (SSSR count). The highest BCUT2D eigenvalue weighted by molar-refractivity contribution is 7.77. The molecule has 3 N–H and O–H groups in total. The third kappa shape index (κ3) is 6.29. The number of aromatic nitrogens is 4. The van der Waals surface area contributed by atoms with Gasteiger partial charge in [0.25, 0.3) is 0 Å². The van der Waals surface area contributed by atoms with Gasteiger partial charge in [-0.3, -0.25) is 9.19 Å². The van der Waals surface area contributed by atoms with Crippen LogP contribution in [0.4, 0.5) is 29.0 Å². The van der Waals surface area contributed by atoms with Crippen LogP contribution in [0.3, 0.4) is 0 Å². The van der Waals surface area contributed by atoms with Crippen molar-refractivity contribution in [3.05, 3.63) is 65.4 Å². The van der Waals surface area contributed by atoms with Crippen LogP contribution in [-0.2, 0) is 17.8 Å². The van der Waals surface area contributed by atoms with E-state index in [9.17, 15) is 8.76 Å². The summed E-state index contributed by atoms with van der Waals surface area (Å²) in [5.74, 6) is 1.58. The highest BCUT2D eigenvalue weighted by Crippen LogP contribution is 2.27. The minimum Gasteiger partial charge on any atom is -0.760 e. The van der Waals surface area contributed by atoms with Gasteiger partial charge in [-0.1, -0.05) is 29.8 Å². The molecule has 1 unspecified atom stereocenters. The van der Waals surface area contributed by atoms with E-state index >= 15 is 0 Å². The number of halogens is 1. The van der Waals surface area contributed by atoms with E-state index in [-0.39, 0.29) is 6.54 Å². The van der Waals surface area contributed by atoms with Crippen molar-refractivity contribution in [1.29, 1.82) is 0 Å². The number of nitrogens with one attached hydrogen (secondary N) is 3. The van der Waals surface area contributed by atoms with E-state index in [2.05, 4.69) is 47.2 Å². The molecule has 192 valence electrons. The third-order valence-corrected chi connectivity index (χ3v) is 6.66. The summed E-state index contributed by atoms with van der Waals surface area (Å²) in [6.07, 6.45) is 3.32. The zero-order chi connectivity index (χ0) is 25.8. The van der Waals surface area contributed by atoms with Gasteiger partial charge in [0.15, 0.2) is 5.82 Å². The van der Waals surface area contributed by atoms with E-state index in [4.69, 9.17) is 16.6 Å². The Kier molecular flexibility index (Phi) is 7.72. The first-order chi connectivity index (χ1) is 17.9. The van der Waals surface area contributed by atoms with E-state index < -0.39 is 11.3 Å². The Balaban J connectivity index is 1.35. The van der Waals surface area contributed by atoms with Gasteiger partial charge in [-0.2, -0.15) is 4.98 Å². The zero-order valence-corrected chi connectivity index (χ0v) is 21.6. The number of hydrogen-bond donors (Lipinski definition) is 3. The molecule has 1 aliphatic heterocycles. The number of nitrogens with zero attached hydrogens (tertiary/aromatic N) is 6. The van der Waals surface area contributed by atoms with Gasteiger partial charge in [0, 0.05) is 55.4 Å². The average molecular weight is 539 g/mol. The van der Waals surface area contributed by atoms with Crippen LogP contribution in [-0.4, -0.2) is 66.8 Å². The number of likely N-dealkylation sites (N-methyl/N-ethyl adjacent to an activating group) is 1. The summed E-state index contributed by atoms with van der Waals surface area (Å²) in [6.45, 7) is 3.94. The lowest BCUT2D eigenvalue weighted by Crippen LogP contribution is -2.44. The van der Waals surface area contributed by atoms with E-state index in [0.717, 1.165) is 54.3 Å². The van der Waals surface area contributed by atoms with Gasteiger partial charge in [0.05, 0.1) is 23.4 Å². The predicted molar refractivity (Wildman–Crippen MR) is 145 cm³/mol. The number of fused-ring (bicyclic) bond motifs is 1. The van der Waals surface area contributed by atoms with E-state index in [1.54, 1.807) is 0 Å². The summed E-state index contributed by atoms with van der Waals surface area (Å²) >= 11 is 3.98. The van der Waals surface area contributed by atoms with Crippen molar-refractivity contribution in [2.24, 2.45) is 0 Å². The third-order valence-electron chi connectivity index (χ3n) is 6.01. The molecule has 4 aromatic rings. The van der Waals surface area contributed by atoms with Gasteiger partial charge in [-0.25, -0.2) is 14.7 Å². The quantitative estimate of drug-likeness (QED) is 0.287. The Morgan fingerprint density at radius 2 is 1.81 bits per heavy atom. The predicted octanol–water partition coefficient (Wildman–Crippen LogP) is 3.20. The SMILES string of the molecule is CN1CCN(c2cnc3ccc(Nc4ncc(Cl)c(Nc5ccccc5CNS(=O)[O-])n4)cc3n2)CC1. The lowest BCUT2D eigenvalue weighted by Gasteiger charge is -2.33. The van der Waals surface area contributed by atoms with Crippen molar-refractivity contribution >= 4 is 62.9 Å². The Hall–Kier alpha value is -3.42. The van der Waals surface area contributed by atoms with Crippen LogP contribution < -0.4 is 20.3 Å². The molecule has 0 spiro atoms.